The lowest BCUT2D eigenvalue weighted by Gasteiger charge is -2.11. The van der Waals surface area contributed by atoms with Gasteiger partial charge in [-0.3, -0.25) is 0 Å². The third-order valence-corrected chi connectivity index (χ3v) is 2.66. The summed E-state index contributed by atoms with van der Waals surface area (Å²) in [7, 11) is 4.03. The van der Waals surface area contributed by atoms with Crippen molar-refractivity contribution in [3.05, 3.63) is 23.7 Å². The first-order chi connectivity index (χ1) is 5.79. The molecule has 2 nitrogen and oxygen atoms in total. The van der Waals surface area contributed by atoms with Crippen LogP contribution in [0.2, 0.25) is 0 Å². The smallest absolute Gasteiger partial charge is 0.136 e. The Bertz CT molecular complexity index is 392. The lowest BCUT2D eigenvalue weighted by Crippen LogP contribution is -2.10. The zero-order chi connectivity index (χ0) is 8.55. The Balaban J connectivity index is 2.73. The van der Waals surface area contributed by atoms with Gasteiger partial charge in [-0.05, 0) is 17.5 Å². The molecule has 0 spiro atoms. The first-order valence-corrected chi connectivity index (χ1v) is 4.66. The van der Waals surface area contributed by atoms with Gasteiger partial charge < -0.3 is 4.90 Å². The molecule has 3 heteroatoms. The molecule has 0 N–H and O–H groups in total. The number of rotatable bonds is 1. The molecule has 2 aromatic rings. The maximum atomic E-state index is 4.31. The zero-order valence-corrected chi connectivity index (χ0v) is 7.93. The van der Waals surface area contributed by atoms with Crippen LogP contribution in [0.5, 0.6) is 0 Å². The van der Waals surface area contributed by atoms with Gasteiger partial charge in [0.05, 0.1) is 0 Å². The molecule has 0 saturated carbocycles. The van der Waals surface area contributed by atoms with Crippen LogP contribution in [-0.4, -0.2) is 19.1 Å². The zero-order valence-electron chi connectivity index (χ0n) is 7.11. The maximum absolute atomic E-state index is 4.31. The highest BCUT2D eigenvalue weighted by Gasteiger charge is 2.03. The molecule has 0 unspecified atom stereocenters. The van der Waals surface area contributed by atoms with E-state index in [9.17, 15) is 0 Å². The molecule has 2 aromatic heterocycles. The van der Waals surface area contributed by atoms with E-state index in [1.165, 1.54) is 10.1 Å². The van der Waals surface area contributed by atoms with Crippen molar-refractivity contribution in [3.63, 3.8) is 0 Å². The van der Waals surface area contributed by atoms with Crippen molar-refractivity contribution in [1.29, 1.82) is 0 Å². The van der Waals surface area contributed by atoms with Gasteiger partial charge in [-0.15, -0.1) is 11.3 Å². The van der Waals surface area contributed by atoms with Gasteiger partial charge in [-0.1, -0.05) is 0 Å². The quantitative estimate of drug-likeness (QED) is 0.666. The summed E-state index contributed by atoms with van der Waals surface area (Å²) in [6.07, 6.45) is 1.86. The number of thiophene rings is 1. The Morgan fingerprint density at radius 2 is 2.17 bits per heavy atom. The minimum Gasteiger partial charge on any atom is -0.362 e. The van der Waals surface area contributed by atoms with Gasteiger partial charge in [0, 0.05) is 30.4 Å². The van der Waals surface area contributed by atoms with E-state index in [0.717, 1.165) is 5.82 Å². The van der Waals surface area contributed by atoms with Crippen LogP contribution in [0.25, 0.3) is 10.1 Å². The van der Waals surface area contributed by atoms with Crippen LogP contribution < -0.4 is 4.90 Å². The highest BCUT2D eigenvalue weighted by molar-refractivity contribution is 7.17. The van der Waals surface area contributed by atoms with Crippen molar-refractivity contribution in [3.8, 4) is 0 Å². The van der Waals surface area contributed by atoms with Crippen molar-refractivity contribution in [2.24, 2.45) is 0 Å². The van der Waals surface area contributed by atoms with Crippen LogP contribution >= 0.6 is 11.3 Å². The fourth-order valence-electron chi connectivity index (χ4n) is 1.24. The summed E-state index contributed by atoms with van der Waals surface area (Å²) >= 11 is 1.75. The number of aromatic nitrogens is 1. The minimum absolute atomic E-state index is 1.05. The highest BCUT2D eigenvalue weighted by Crippen LogP contribution is 2.26. The number of fused-ring (bicyclic) bond motifs is 1. The first kappa shape index (κ1) is 7.55. The second kappa shape index (κ2) is 2.75. The monoisotopic (exact) mass is 178 g/mol. The lowest BCUT2D eigenvalue weighted by molar-refractivity contribution is 1.08. The molecule has 0 bridgehead atoms. The van der Waals surface area contributed by atoms with E-state index >= 15 is 0 Å². The van der Waals surface area contributed by atoms with Crippen molar-refractivity contribution in [2.45, 2.75) is 0 Å². The molecule has 0 amide bonds. The van der Waals surface area contributed by atoms with E-state index in [1.807, 2.05) is 31.3 Å². The van der Waals surface area contributed by atoms with Gasteiger partial charge in [-0.2, -0.15) is 0 Å². The van der Waals surface area contributed by atoms with E-state index in [4.69, 9.17) is 0 Å². The van der Waals surface area contributed by atoms with Crippen LogP contribution in [0.3, 0.4) is 0 Å². The second-order valence-electron chi connectivity index (χ2n) is 2.86. The van der Waals surface area contributed by atoms with E-state index < -0.39 is 0 Å². The second-order valence-corrected chi connectivity index (χ2v) is 3.81. The highest BCUT2D eigenvalue weighted by atomic mass is 32.1. The van der Waals surface area contributed by atoms with E-state index in [-0.39, 0.29) is 0 Å². The fraction of sp³-hybridized carbons (Fsp3) is 0.222. The topological polar surface area (TPSA) is 16.1 Å². The number of hydrogen-bond donors (Lipinski definition) is 0. The summed E-state index contributed by atoms with van der Waals surface area (Å²) in [6.45, 7) is 0. The molecule has 62 valence electrons. The Labute approximate surface area is 75.5 Å². The Hall–Kier alpha value is -1.09. The molecule has 0 aromatic carbocycles. The largest absolute Gasteiger partial charge is 0.362 e. The maximum Gasteiger partial charge on any atom is 0.136 e. The summed E-state index contributed by atoms with van der Waals surface area (Å²) in [6, 6.07) is 4.16. The van der Waals surface area contributed by atoms with Gasteiger partial charge >= 0.3 is 0 Å². The minimum atomic E-state index is 1.05. The average molecular weight is 178 g/mol. The Kier molecular flexibility index (Phi) is 1.73. The molecule has 0 aliphatic heterocycles. The van der Waals surface area contributed by atoms with Crippen molar-refractivity contribution >= 4 is 27.2 Å². The number of pyridine rings is 1. The van der Waals surface area contributed by atoms with Crippen LogP contribution in [0, 0.1) is 0 Å². The first-order valence-electron chi connectivity index (χ1n) is 3.78. The average Bonchev–Trinajstić information content (AvgIpc) is 2.49. The standard InChI is InChI=1S/C9H10N2S/c1-11(2)9-7-4-6-12-8(7)3-5-10-9/h3-6H,1-2H3. The Morgan fingerprint density at radius 3 is 2.92 bits per heavy atom. The number of anilines is 1. The molecular formula is C9H10N2S. The van der Waals surface area contributed by atoms with E-state index in [1.54, 1.807) is 11.3 Å². The van der Waals surface area contributed by atoms with Crippen molar-refractivity contribution in [1.82, 2.24) is 4.98 Å². The van der Waals surface area contributed by atoms with Gasteiger partial charge in [0.1, 0.15) is 5.82 Å². The van der Waals surface area contributed by atoms with Crippen LogP contribution in [0.15, 0.2) is 23.7 Å². The third-order valence-electron chi connectivity index (χ3n) is 1.78. The number of nitrogens with zero attached hydrogens (tertiary/aromatic N) is 2. The van der Waals surface area contributed by atoms with Crippen molar-refractivity contribution in [2.75, 3.05) is 19.0 Å². The van der Waals surface area contributed by atoms with Gasteiger partial charge in [0.25, 0.3) is 0 Å². The molecule has 12 heavy (non-hydrogen) atoms. The van der Waals surface area contributed by atoms with Gasteiger partial charge in [0.15, 0.2) is 0 Å². The summed E-state index contributed by atoms with van der Waals surface area (Å²) in [5.41, 5.74) is 0. The molecule has 0 fully saturated rings. The summed E-state index contributed by atoms with van der Waals surface area (Å²) in [5.74, 6) is 1.05. The molecule has 0 atom stereocenters. The predicted octanol–water partition coefficient (Wildman–Crippen LogP) is 2.36. The van der Waals surface area contributed by atoms with Gasteiger partial charge in [0.2, 0.25) is 0 Å². The van der Waals surface area contributed by atoms with Gasteiger partial charge in [-0.25, -0.2) is 4.98 Å². The van der Waals surface area contributed by atoms with Crippen LogP contribution in [0.4, 0.5) is 5.82 Å². The van der Waals surface area contributed by atoms with Crippen LogP contribution in [-0.2, 0) is 0 Å². The van der Waals surface area contributed by atoms with Crippen LogP contribution in [0.1, 0.15) is 0 Å². The lowest BCUT2D eigenvalue weighted by atomic mass is 10.3. The molecule has 0 saturated heterocycles. The summed E-state index contributed by atoms with van der Waals surface area (Å²) < 4.78 is 1.30. The SMILES string of the molecule is CN(C)c1nccc2sccc12. The molecule has 0 radical (unpaired) electrons. The summed E-state index contributed by atoms with van der Waals surface area (Å²) in [4.78, 5) is 6.35. The summed E-state index contributed by atoms with van der Waals surface area (Å²) in [5, 5.41) is 3.34. The fourth-order valence-corrected chi connectivity index (χ4v) is 2.01. The van der Waals surface area contributed by atoms with Crippen molar-refractivity contribution < 1.29 is 0 Å². The predicted molar refractivity (Wildman–Crippen MR) is 53.9 cm³/mol. The Morgan fingerprint density at radius 1 is 1.33 bits per heavy atom. The van der Waals surface area contributed by atoms with E-state index in [0.29, 0.717) is 0 Å². The normalized spacial score (nSPS) is 10.5. The van der Waals surface area contributed by atoms with E-state index in [2.05, 4.69) is 16.4 Å². The molecule has 0 aliphatic rings. The molecule has 0 aliphatic carbocycles. The third kappa shape index (κ3) is 1.06. The molecular weight excluding hydrogens is 168 g/mol. The molecule has 2 heterocycles. The number of hydrogen-bond acceptors (Lipinski definition) is 3. The molecule has 2 rings (SSSR count).